The van der Waals surface area contributed by atoms with Gasteiger partial charge >= 0.3 is 0 Å². The zero-order valence-corrected chi connectivity index (χ0v) is 18.0. The Morgan fingerprint density at radius 2 is 1.72 bits per heavy atom. The van der Waals surface area contributed by atoms with Crippen LogP contribution < -0.4 is 9.46 Å². The maximum atomic E-state index is 12.5. The molecule has 0 spiro atoms. The Balaban J connectivity index is 1.48. The zero-order chi connectivity index (χ0) is 22.7. The van der Waals surface area contributed by atoms with Gasteiger partial charge in [-0.1, -0.05) is 0 Å². The summed E-state index contributed by atoms with van der Waals surface area (Å²) < 4.78 is 35.0. The fourth-order valence-corrected chi connectivity index (χ4v) is 4.06. The predicted octanol–water partition coefficient (Wildman–Crippen LogP) is 3.74. The fraction of sp³-hybridized carbons (Fsp3) is 0.0909. The van der Waals surface area contributed by atoms with Gasteiger partial charge in [-0.15, -0.1) is 0 Å². The first-order valence-electron chi connectivity index (χ1n) is 9.51. The van der Waals surface area contributed by atoms with E-state index in [1.807, 2.05) is 26.0 Å². The fourth-order valence-electron chi connectivity index (χ4n) is 3.00. The lowest BCUT2D eigenvalue weighted by atomic mass is 10.2. The van der Waals surface area contributed by atoms with Gasteiger partial charge in [0, 0.05) is 17.4 Å². The summed E-state index contributed by atoms with van der Waals surface area (Å²) >= 11 is 0. The van der Waals surface area contributed by atoms with Gasteiger partial charge in [-0.3, -0.25) is 4.72 Å². The number of nitrogens with one attached hydrogen (secondary N) is 1. The second kappa shape index (κ2) is 8.49. The first kappa shape index (κ1) is 21.0. The molecule has 0 aliphatic heterocycles. The molecular formula is C22H18N6O3S. The van der Waals surface area contributed by atoms with Crippen molar-refractivity contribution in [2.75, 3.05) is 4.72 Å². The molecule has 4 aromatic rings. The molecule has 10 heteroatoms. The molecule has 0 atom stereocenters. The summed E-state index contributed by atoms with van der Waals surface area (Å²) in [6, 6.07) is 17.7. The lowest BCUT2D eigenvalue weighted by Gasteiger charge is -2.10. The van der Waals surface area contributed by atoms with E-state index in [9.17, 15) is 8.42 Å². The van der Waals surface area contributed by atoms with E-state index in [2.05, 4.69) is 19.8 Å². The predicted molar refractivity (Wildman–Crippen MR) is 117 cm³/mol. The lowest BCUT2D eigenvalue weighted by Crippen LogP contribution is -2.12. The molecule has 0 saturated heterocycles. The van der Waals surface area contributed by atoms with Crippen molar-refractivity contribution in [1.29, 1.82) is 5.26 Å². The molecule has 0 radical (unpaired) electrons. The number of anilines is 1. The Labute approximate surface area is 185 Å². The molecule has 1 N–H and O–H groups in total. The van der Waals surface area contributed by atoms with Crippen LogP contribution in [0.2, 0.25) is 0 Å². The third-order valence-electron chi connectivity index (χ3n) is 4.48. The monoisotopic (exact) mass is 446 g/mol. The van der Waals surface area contributed by atoms with Crippen molar-refractivity contribution in [3.8, 4) is 23.5 Å². The second-order valence-corrected chi connectivity index (χ2v) is 8.60. The maximum absolute atomic E-state index is 12.5. The van der Waals surface area contributed by atoms with Crippen LogP contribution in [0.3, 0.4) is 0 Å². The highest BCUT2D eigenvalue weighted by molar-refractivity contribution is 7.92. The Morgan fingerprint density at radius 1 is 1.00 bits per heavy atom. The van der Waals surface area contributed by atoms with E-state index in [0.29, 0.717) is 28.7 Å². The SMILES string of the molecule is Cc1cc(C)n(-c2cc(Oc3ccc(NS(=O)(=O)c4ccc(C#N)cc4)cc3)ncn2)n1. The largest absolute Gasteiger partial charge is 0.439 e. The van der Waals surface area contributed by atoms with E-state index >= 15 is 0 Å². The number of ether oxygens (including phenoxy) is 1. The number of nitriles is 1. The average Bonchev–Trinajstić information content (AvgIpc) is 3.13. The van der Waals surface area contributed by atoms with Gasteiger partial charge in [0.2, 0.25) is 5.88 Å². The van der Waals surface area contributed by atoms with Crippen LogP contribution >= 0.6 is 0 Å². The minimum atomic E-state index is -3.78. The molecular weight excluding hydrogens is 428 g/mol. The molecule has 4 rings (SSSR count). The third-order valence-corrected chi connectivity index (χ3v) is 5.87. The number of aromatic nitrogens is 4. The van der Waals surface area contributed by atoms with Gasteiger partial charge in [-0.2, -0.15) is 10.4 Å². The van der Waals surface area contributed by atoms with Crippen LogP contribution in [0, 0.1) is 25.2 Å². The zero-order valence-electron chi connectivity index (χ0n) is 17.2. The van der Waals surface area contributed by atoms with Crippen LogP contribution in [0.1, 0.15) is 17.0 Å². The molecule has 32 heavy (non-hydrogen) atoms. The van der Waals surface area contributed by atoms with Crippen molar-refractivity contribution in [2.24, 2.45) is 0 Å². The van der Waals surface area contributed by atoms with Crippen LogP contribution in [-0.4, -0.2) is 28.2 Å². The van der Waals surface area contributed by atoms with Crippen molar-refractivity contribution in [3.05, 3.63) is 83.9 Å². The van der Waals surface area contributed by atoms with E-state index in [-0.39, 0.29) is 4.90 Å². The van der Waals surface area contributed by atoms with Gasteiger partial charge in [0.1, 0.15) is 12.1 Å². The number of benzene rings is 2. The Hall–Kier alpha value is -4.23. The Bertz CT molecular complexity index is 1410. The number of hydrogen-bond acceptors (Lipinski definition) is 7. The standard InChI is InChI=1S/C22H18N6O3S/c1-15-11-16(2)28(26-15)21-12-22(25-14-24-21)31-19-7-5-18(6-8-19)27-32(29,30)20-9-3-17(13-23)4-10-20/h3-12,14,27H,1-2H3. The van der Waals surface area contributed by atoms with E-state index in [0.717, 1.165) is 11.4 Å². The van der Waals surface area contributed by atoms with Crippen LogP contribution in [0.5, 0.6) is 11.6 Å². The maximum Gasteiger partial charge on any atom is 0.261 e. The molecule has 0 amide bonds. The number of nitrogens with zero attached hydrogens (tertiary/aromatic N) is 5. The summed E-state index contributed by atoms with van der Waals surface area (Å²) in [5.41, 5.74) is 2.57. The van der Waals surface area contributed by atoms with Gasteiger partial charge in [0.05, 0.1) is 22.2 Å². The van der Waals surface area contributed by atoms with Crippen LogP contribution in [-0.2, 0) is 10.0 Å². The van der Waals surface area contributed by atoms with E-state index in [4.69, 9.17) is 10.00 Å². The first-order chi connectivity index (χ1) is 15.3. The van der Waals surface area contributed by atoms with Gasteiger partial charge in [0.25, 0.3) is 10.0 Å². The number of hydrogen-bond donors (Lipinski definition) is 1. The molecule has 2 aromatic carbocycles. The number of aryl methyl sites for hydroxylation is 2. The van der Waals surface area contributed by atoms with Crippen LogP contribution in [0.15, 0.2) is 71.9 Å². The van der Waals surface area contributed by atoms with Crippen LogP contribution in [0.25, 0.3) is 5.82 Å². The highest BCUT2D eigenvalue weighted by Gasteiger charge is 2.14. The van der Waals surface area contributed by atoms with Gasteiger partial charge in [-0.05, 0) is 68.4 Å². The van der Waals surface area contributed by atoms with Crippen molar-refractivity contribution >= 4 is 15.7 Å². The van der Waals surface area contributed by atoms with Crippen LogP contribution in [0.4, 0.5) is 5.69 Å². The molecule has 2 heterocycles. The third kappa shape index (κ3) is 4.58. The summed E-state index contributed by atoms with van der Waals surface area (Å²) in [6.07, 6.45) is 1.39. The smallest absolute Gasteiger partial charge is 0.261 e. The second-order valence-electron chi connectivity index (χ2n) is 6.92. The molecule has 0 unspecified atom stereocenters. The Morgan fingerprint density at radius 3 is 2.34 bits per heavy atom. The van der Waals surface area contributed by atoms with Crippen molar-refractivity contribution in [3.63, 3.8) is 0 Å². The van der Waals surface area contributed by atoms with Gasteiger partial charge in [0.15, 0.2) is 5.82 Å². The topological polar surface area (TPSA) is 123 Å². The molecule has 0 fully saturated rings. The summed E-state index contributed by atoms with van der Waals surface area (Å²) in [7, 11) is -3.78. The molecule has 0 aliphatic rings. The van der Waals surface area contributed by atoms with Crippen molar-refractivity contribution in [1.82, 2.24) is 19.7 Å². The average molecular weight is 446 g/mol. The quantitative estimate of drug-likeness (QED) is 0.478. The van der Waals surface area contributed by atoms with Gasteiger partial charge in [-0.25, -0.2) is 23.1 Å². The molecule has 2 aromatic heterocycles. The van der Waals surface area contributed by atoms with E-state index < -0.39 is 10.0 Å². The molecule has 160 valence electrons. The summed E-state index contributed by atoms with van der Waals surface area (Å²) in [6.45, 7) is 3.83. The van der Waals surface area contributed by atoms with E-state index in [1.165, 1.54) is 30.6 Å². The molecule has 0 bridgehead atoms. The highest BCUT2D eigenvalue weighted by atomic mass is 32.2. The Kier molecular flexibility index (Phi) is 5.57. The first-order valence-corrected chi connectivity index (χ1v) is 11.0. The summed E-state index contributed by atoms with van der Waals surface area (Å²) in [5.74, 6) is 1.38. The minimum absolute atomic E-state index is 0.0643. The molecule has 0 aliphatic carbocycles. The summed E-state index contributed by atoms with van der Waals surface area (Å²) in [4.78, 5) is 8.42. The van der Waals surface area contributed by atoms with E-state index in [1.54, 1.807) is 35.0 Å². The number of rotatable bonds is 6. The lowest BCUT2D eigenvalue weighted by molar-refractivity contribution is 0.460. The number of sulfonamides is 1. The van der Waals surface area contributed by atoms with Gasteiger partial charge < -0.3 is 4.74 Å². The minimum Gasteiger partial charge on any atom is -0.439 e. The van der Waals surface area contributed by atoms with Crippen molar-refractivity contribution in [2.45, 2.75) is 18.7 Å². The highest BCUT2D eigenvalue weighted by Crippen LogP contribution is 2.24. The summed E-state index contributed by atoms with van der Waals surface area (Å²) in [5, 5.41) is 13.2. The molecule has 0 saturated carbocycles. The normalized spacial score (nSPS) is 11.0. The molecule has 9 nitrogen and oxygen atoms in total. The van der Waals surface area contributed by atoms with Crippen molar-refractivity contribution < 1.29 is 13.2 Å².